The molecule has 2 rings (SSSR count). The van der Waals surface area contributed by atoms with Crippen molar-refractivity contribution in [1.29, 1.82) is 0 Å². The molecule has 0 unspecified atom stereocenters. The fourth-order valence-electron chi connectivity index (χ4n) is 2.95. The number of aryl methyl sites for hydroxylation is 1. The van der Waals surface area contributed by atoms with E-state index in [2.05, 4.69) is 0 Å². The SMILES string of the molecule is Cc1cccc(C2(CN)CCCC2)c1OC(F)F. The van der Waals surface area contributed by atoms with E-state index < -0.39 is 6.61 Å². The molecule has 100 valence electrons. The second-order valence-corrected chi connectivity index (χ2v) is 5.02. The van der Waals surface area contributed by atoms with Gasteiger partial charge in [0.05, 0.1) is 0 Å². The molecule has 0 spiro atoms. The highest BCUT2D eigenvalue weighted by Crippen LogP contribution is 2.45. The summed E-state index contributed by atoms with van der Waals surface area (Å²) < 4.78 is 29.8. The van der Waals surface area contributed by atoms with Gasteiger partial charge in [-0.05, 0) is 25.3 Å². The predicted octanol–water partition coefficient (Wildman–Crippen LogP) is 3.37. The molecule has 18 heavy (non-hydrogen) atoms. The van der Waals surface area contributed by atoms with Gasteiger partial charge in [0.15, 0.2) is 0 Å². The van der Waals surface area contributed by atoms with E-state index >= 15 is 0 Å². The van der Waals surface area contributed by atoms with E-state index in [1.165, 1.54) is 0 Å². The van der Waals surface area contributed by atoms with E-state index in [9.17, 15) is 8.78 Å². The van der Waals surface area contributed by atoms with Gasteiger partial charge in [-0.1, -0.05) is 31.0 Å². The lowest BCUT2D eigenvalue weighted by Crippen LogP contribution is -2.33. The Hall–Kier alpha value is -1.16. The van der Waals surface area contributed by atoms with E-state index in [1.54, 1.807) is 13.0 Å². The number of halogens is 2. The van der Waals surface area contributed by atoms with Crippen LogP contribution >= 0.6 is 0 Å². The molecule has 0 heterocycles. The maximum absolute atomic E-state index is 12.5. The standard InChI is InChI=1S/C14H19F2NO/c1-10-5-4-6-11(12(10)18-13(15)16)14(9-17)7-2-3-8-14/h4-6,13H,2-3,7-9,17H2,1H3. The molecule has 0 amide bonds. The van der Waals surface area contributed by atoms with Crippen LogP contribution in [0.5, 0.6) is 5.75 Å². The minimum absolute atomic E-state index is 0.184. The second kappa shape index (κ2) is 5.22. The Bertz CT molecular complexity index is 414. The minimum Gasteiger partial charge on any atom is -0.434 e. The highest BCUT2D eigenvalue weighted by Gasteiger charge is 2.37. The maximum atomic E-state index is 12.5. The van der Waals surface area contributed by atoms with Crippen LogP contribution in [0, 0.1) is 6.92 Å². The third-order valence-corrected chi connectivity index (χ3v) is 3.94. The van der Waals surface area contributed by atoms with Crippen molar-refractivity contribution >= 4 is 0 Å². The molecular weight excluding hydrogens is 236 g/mol. The van der Waals surface area contributed by atoms with E-state index in [1.807, 2.05) is 12.1 Å². The second-order valence-electron chi connectivity index (χ2n) is 5.02. The third kappa shape index (κ3) is 2.34. The normalized spacial score (nSPS) is 18.3. The highest BCUT2D eigenvalue weighted by molar-refractivity contribution is 5.46. The molecule has 1 fully saturated rings. The first-order chi connectivity index (χ1) is 8.59. The van der Waals surface area contributed by atoms with Crippen LogP contribution in [0.2, 0.25) is 0 Å². The molecule has 0 radical (unpaired) electrons. The molecule has 0 aromatic heterocycles. The molecule has 1 saturated carbocycles. The van der Waals surface area contributed by atoms with Crippen molar-refractivity contribution in [3.05, 3.63) is 29.3 Å². The van der Waals surface area contributed by atoms with Crippen LogP contribution < -0.4 is 10.5 Å². The van der Waals surface area contributed by atoms with Gasteiger partial charge in [0.1, 0.15) is 5.75 Å². The van der Waals surface area contributed by atoms with Crippen molar-refractivity contribution in [3.8, 4) is 5.75 Å². The number of nitrogens with two attached hydrogens (primary N) is 1. The zero-order valence-electron chi connectivity index (χ0n) is 10.6. The van der Waals surface area contributed by atoms with Crippen LogP contribution in [0.1, 0.15) is 36.8 Å². The topological polar surface area (TPSA) is 35.2 Å². The largest absolute Gasteiger partial charge is 0.434 e. The number of benzene rings is 1. The number of hydrogen-bond donors (Lipinski definition) is 1. The third-order valence-electron chi connectivity index (χ3n) is 3.94. The van der Waals surface area contributed by atoms with Gasteiger partial charge in [-0.25, -0.2) is 0 Å². The van der Waals surface area contributed by atoms with E-state index in [0.717, 1.165) is 36.8 Å². The van der Waals surface area contributed by atoms with Gasteiger partial charge in [-0.2, -0.15) is 8.78 Å². The molecule has 0 atom stereocenters. The molecule has 0 bridgehead atoms. The maximum Gasteiger partial charge on any atom is 0.387 e. The van der Waals surface area contributed by atoms with Gasteiger partial charge in [0, 0.05) is 17.5 Å². The van der Waals surface area contributed by atoms with Gasteiger partial charge in [0.2, 0.25) is 0 Å². The summed E-state index contributed by atoms with van der Waals surface area (Å²) in [4.78, 5) is 0. The summed E-state index contributed by atoms with van der Waals surface area (Å²) in [6, 6.07) is 5.56. The van der Waals surface area contributed by atoms with Crippen molar-refractivity contribution in [1.82, 2.24) is 0 Å². The van der Waals surface area contributed by atoms with Crippen LogP contribution in [0.3, 0.4) is 0 Å². The van der Waals surface area contributed by atoms with Crippen molar-refractivity contribution in [2.75, 3.05) is 6.54 Å². The van der Waals surface area contributed by atoms with Crippen LogP contribution in [0.4, 0.5) is 8.78 Å². The molecule has 1 aliphatic carbocycles. The van der Waals surface area contributed by atoms with Gasteiger partial charge >= 0.3 is 6.61 Å². The van der Waals surface area contributed by atoms with Gasteiger partial charge in [0.25, 0.3) is 0 Å². The number of rotatable bonds is 4. The summed E-state index contributed by atoms with van der Waals surface area (Å²) in [5, 5.41) is 0. The van der Waals surface area contributed by atoms with Gasteiger partial charge < -0.3 is 10.5 Å². The number of alkyl halides is 2. The molecule has 0 aliphatic heterocycles. The lowest BCUT2D eigenvalue weighted by molar-refractivity contribution is -0.0515. The van der Waals surface area contributed by atoms with Crippen LogP contribution in [-0.4, -0.2) is 13.2 Å². The monoisotopic (exact) mass is 255 g/mol. The first-order valence-electron chi connectivity index (χ1n) is 6.34. The Morgan fingerprint density at radius 3 is 2.56 bits per heavy atom. The molecule has 1 aliphatic rings. The lowest BCUT2D eigenvalue weighted by atomic mass is 9.78. The molecule has 1 aromatic rings. The number of ether oxygens (including phenoxy) is 1. The summed E-state index contributed by atoms with van der Waals surface area (Å²) in [6.45, 7) is -0.516. The zero-order valence-corrected chi connectivity index (χ0v) is 10.6. The molecule has 4 heteroatoms. The van der Waals surface area contributed by atoms with E-state index in [-0.39, 0.29) is 5.41 Å². The zero-order chi connectivity index (χ0) is 13.2. The fraction of sp³-hybridized carbons (Fsp3) is 0.571. The van der Waals surface area contributed by atoms with Gasteiger partial charge in [-0.15, -0.1) is 0 Å². The summed E-state index contributed by atoms with van der Waals surface area (Å²) in [5.74, 6) is 0.319. The van der Waals surface area contributed by atoms with Crippen LogP contribution in [-0.2, 0) is 5.41 Å². The summed E-state index contributed by atoms with van der Waals surface area (Å²) in [5.41, 5.74) is 7.32. The Kier molecular flexibility index (Phi) is 3.85. The molecule has 1 aromatic carbocycles. The Balaban J connectivity index is 2.45. The molecule has 2 nitrogen and oxygen atoms in total. The van der Waals surface area contributed by atoms with Crippen molar-refractivity contribution < 1.29 is 13.5 Å². The van der Waals surface area contributed by atoms with E-state index in [0.29, 0.717) is 12.3 Å². The smallest absolute Gasteiger partial charge is 0.387 e. The average molecular weight is 255 g/mol. The summed E-state index contributed by atoms with van der Waals surface area (Å²) in [7, 11) is 0. The lowest BCUT2D eigenvalue weighted by Gasteiger charge is -2.30. The van der Waals surface area contributed by atoms with Crippen molar-refractivity contribution in [3.63, 3.8) is 0 Å². The number of hydrogen-bond acceptors (Lipinski definition) is 2. The predicted molar refractivity (Wildman–Crippen MR) is 67.0 cm³/mol. The fourth-order valence-corrected chi connectivity index (χ4v) is 2.95. The number of para-hydroxylation sites is 1. The van der Waals surface area contributed by atoms with Crippen LogP contribution in [0.15, 0.2) is 18.2 Å². The first kappa shape index (κ1) is 13.3. The minimum atomic E-state index is -2.79. The summed E-state index contributed by atoms with van der Waals surface area (Å²) >= 11 is 0. The molecule has 0 saturated heterocycles. The Labute approximate surface area is 106 Å². The summed E-state index contributed by atoms with van der Waals surface area (Å²) in [6.07, 6.45) is 4.09. The van der Waals surface area contributed by atoms with Crippen molar-refractivity contribution in [2.45, 2.75) is 44.6 Å². The molecular formula is C14H19F2NO. The first-order valence-corrected chi connectivity index (χ1v) is 6.34. The van der Waals surface area contributed by atoms with E-state index in [4.69, 9.17) is 10.5 Å². The quantitative estimate of drug-likeness (QED) is 0.895. The highest BCUT2D eigenvalue weighted by atomic mass is 19.3. The molecule has 2 N–H and O–H groups in total. The van der Waals surface area contributed by atoms with Gasteiger partial charge in [-0.3, -0.25) is 0 Å². The Morgan fingerprint density at radius 2 is 2.00 bits per heavy atom. The average Bonchev–Trinajstić information content (AvgIpc) is 2.81. The Morgan fingerprint density at radius 1 is 1.33 bits per heavy atom. The van der Waals surface area contributed by atoms with Crippen molar-refractivity contribution in [2.24, 2.45) is 5.73 Å². The van der Waals surface area contributed by atoms with Crippen LogP contribution in [0.25, 0.3) is 0 Å².